The molecule has 2 aromatic rings. The van der Waals surface area contributed by atoms with Crippen molar-refractivity contribution in [2.45, 2.75) is 19.8 Å². The van der Waals surface area contributed by atoms with Crippen LogP contribution in [0.1, 0.15) is 30.1 Å². The smallest absolute Gasteiger partial charge is 0.347 e. The Morgan fingerprint density at radius 2 is 2.14 bits per heavy atom. The Bertz CT molecular complexity index is 751. The molecule has 1 heterocycles. The average Bonchev–Trinajstić information content (AvgIpc) is 2.45. The van der Waals surface area contributed by atoms with Gasteiger partial charge in [-0.25, -0.2) is 4.79 Å². The van der Waals surface area contributed by atoms with E-state index in [4.69, 9.17) is 16.3 Å². The summed E-state index contributed by atoms with van der Waals surface area (Å²) in [5.41, 5.74) is -0.534. The summed E-state index contributed by atoms with van der Waals surface area (Å²) in [7, 11) is 1.52. The van der Waals surface area contributed by atoms with Crippen LogP contribution in [0, 0.1) is 0 Å². The highest BCUT2D eigenvalue weighted by Crippen LogP contribution is 2.32. The van der Waals surface area contributed by atoms with Crippen molar-refractivity contribution >= 4 is 28.5 Å². The van der Waals surface area contributed by atoms with Crippen molar-refractivity contribution in [3.8, 4) is 5.75 Å². The van der Waals surface area contributed by atoms with E-state index in [-0.39, 0.29) is 22.6 Å². The van der Waals surface area contributed by atoms with Crippen LogP contribution in [0.3, 0.4) is 0 Å². The van der Waals surface area contributed by atoms with Gasteiger partial charge in [0, 0.05) is 7.05 Å². The van der Waals surface area contributed by atoms with Gasteiger partial charge in [0.2, 0.25) is 0 Å². The first-order chi connectivity index (χ1) is 9.99. The number of rotatable bonds is 4. The van der Waals surface area contributed by atoms with Crippen LogP contribution in [-0.4, -0.2) is 22.2 Å². The normalized spacial score (nSPS) is 10.8. The molecule has 6 heteroatoms. The van der Waals surface area contributed by atoms with Crippen LogP contribution >= 0.6 is 11.6 Å². The number of aromatic hydroxyl groups is 1. The van der Waals surface area contributed by atoms with Crippen LogP contribution in [0.5, 0.6) is 5.75 Å². The van der Waals surface area contributed by atoms with Crippen LogP contribution < -0.4 is 5.56 Å². The van der Waals surface area contributed by atoms with Crippen LogP contribution in [-0.2, 0) is 11.8 Å². The number of aromatic nitrogens is 1. The summed E-state index contributed by atoms with van der Waals surface area (Å²) in [6.45, 7) is 2.17. The van der Waals surface area contributed by atoms with Gasteiger partial charge in [-0.1, -0.05) is 31.0 Å². The van der Waals surface area contributed by atoms with Gasteiger partial charge in [-0.15, -0.1) is 0 Å². The van der Waals surface area contributed by atoms with Gasteiger partial charge in [-0.05, 0) is 18.6 Å². The number of carbonyl (C=O) groups excluding carboxylic acids is 1. The van der Waals surface area contributed by atoms with Crippen LogP contribution in [0.25, 0.3) is 10.9 Å². The van der Waals surface area contributed by atoms with Crippen LogP contribution in [0.15, 0.2) is 23.0 Å². The van der Waals surface area contributed by atoms with Crippen molar-refractivity contribution in [2.75, 3.05) is 6.61 Å². The van der Waals surface area contributed by atoms with Gasteiger partial charge in [0.05, 0.1) is 22.5 Å². The molecule has 0 bridgehead atoms. The van der Waals surface area contributed by atoms with E-state index < -0.39 is 17.3 Å². The van der Waals surface area contributed by atoms with Crippen molar-refractivity contribution in [2.24, 2.45) is 7.05 Å². The van der Waals surface area contributed by atoms with Gasteiger partial charge in [-0.2, -0.15) is 0 Å². The number of hydrogen-bond donors (Lipinski definition) is 1. The molecule has 0 aliphatic rings. The maximum Gasteiger partial charge on any atom is 0.347 e. The van der Waals surface area contributed by atoms with Crippen LogP contribution in [0.2, 0.25) is 5.02 Å². The van der Waals surface area contributed by atoms with E-state index in [1.54, 1.807) is 18.2 Å². The van der Waals surface area contributed by atoms with E-state index in [1.165, 1.54) is 11.6 Å². The first-order valence-electron chi connectivity index (χ1n) is 6.66. The van der Waals surface area contributed by atoms with E-state index in [1.807, 2.05) is 6.92 Å². The number of benzene rings is 1. The van der Waals surface area contributed by atoms with Gasteiger partial charge in [0.25, 0.3) is 5.56 Å². The minimum absolute atomic E-state index is 0.207. The highest BCUT2D eigenvalue weighted by molar-refractivity contribution is 6.36. The number of unbranched alkanes of at least 4 members (excludes halogenated alkanes) is 1. The second kappa shape index (κ2) is 6.18. The molecule has 1 aromatic carbocycles. The number of halogens is 1. The zero-order valence-corrected chi connectivity index (χ0v) is 12.6. The number of aryl methyl sites for hydroxylation is 1. The van der Waals surface area contributed by atoms with Crippen molar-refractivity contribution in [3.63, 3.8) is 0 Å². The quantitative estimate of drug-likeness (QED) is 0.696. The molecule has 0 atom stereocenters. The largest absolute Gasteiger partial charge is 0.506 e. The van der Waals surface area contributed by atoms with Gasteiger partial charge in [-0.3, -0.25) is 4.79 Å². The Morgan fingerprint density at radius 3 is 2.81 bits per heavy atom. The molecule has 1 N–H and O–H groups in total. The minimum atomic E-state index is -0.830. The summed E-state index contributed by atoms with van der Waals surface area (Å²) in [5, 5.41) is 10.8. The molecule has 112 valence electrons. The Morgan fingerprint density at radius 1 is 1.43 bits per heavy atom. The number of carbonyl (C=O) groups is 1. The summed E-state index contributed by atoms with van der Waals surface area (Å²) >= 11 is 6.06. The average molecular weight is 310 g/mol. The van der Waals surface area contributed by atoms with Crippen LogP contribution in [0.4, 0.5) is 0 Å². The molecule has 0 amide bonds. The Hall–Kier alpha value is -2.01. The number of fused-ring (bicyclic) bond motifs is 1. The van der Waals surface area contributed by atoms with Gasteiger partial charge >= 0.3 is 5.97 Å². The first kappa shape index (κ1) is 15.4. The number of nitrogens with zero attached hydrogens (tertiary/aromatic N) is 1. The fourth-order valence-corrected chi connectivity index (χ4v) is 2.35. The zero-order valence-electron chi connectivity index (χ0n) is 11.9. The number of pyridine rings is 1. The van der Waals surface area contributed by atoms with E-state index in [2.05, 4.69) is 0 Å². The number of hydrogen-bond acceptors (Lipinski definition) is 4. The third-order valence-corrected chi connectivity index (χ3v) is 3.60. The second-order valence-corrected chi connectivity index (χ2v) is 5.12. The molecule has 0 aliphatic heterocycles. The second-order valence-electron chi connectivity index (χ2n) is 4.71. The van der Waals surface area contributed by atoms with Crippen molar-refractivity contribution in [1.82, 2.24) is 4.57 Å². The molecule has 0 fully saturated rings. The maximum atomic E-state index is 12.2. The van der Waals surface area contributed by atoms with Crippen molar-refractivity contribution in [3.05, 3.63) is 39.1 Å². The molecule has 1 aromatic heterocycles. The molecule has 0 spiro atoms. The zero-order chi connectivity index (χ0) is 15.6. The maximum absolute atomic E-state index is 12.2. The predicted molar refractivity (Wildman–Crippen MR) is 81.1 cm³/mol. The molecule has 0 aliphatic carbocycles. The third-order valence-electron chi connectivity index (χ3n) is 3.28. The van der Waals surface area contributed by atoms with Crippen molar-refractivity contribution in [1.29, 1.82) is 0 Å². The first-order valence-corrected chi connectivity index (χ1v) is 7.04. The Balaban J connectivity index is 2.62. The van der Waals surface area contributed by atoms with E-state index in [9.17, 15) is 14.7 Å². The van der Waals surface area contributed by atoms with E-state index in [0.29, 0.717) is 11.9 Å². The highest BCUT2D eigenvalue weighted by atomic mass is 35.5. The molecular weight excluding hydrogens is 294 g/mol. The van der Waals surface area contributed by atoms with Gasteiger partial charge in [0.15, 0.2) is 5.56 Å². The third kappa shape index (κ3) is 2.74. The van der Waals surface area contributed by atoms with Gasteiger partial charge in [0.1, 0.15) is 5.75 Å². The topological polar surface area (TPSA) is 68.5 Å². The minimum Gasteiger partial charge on any atom is -0.506 e. The monoisotopic (exact) mass is 309 g/mol. The fourth-order valence-electron chi connectivity index (χ4n) is 2.10. The standard InChI is InChI=1S/C15H16ClNO4/c1-3-4-8-21-15(20)12-13(18)11-9(16)6-5-7-10(11)17(2)14(12)19/h5-7,18H,3-4,8H2,1-2H3. The molecule has 0 unspecified atom stereocenters. The Kier molecular flexibility index (Phi) is 4.53. The lowest BCUT2D eigenvalue weighted by Gasteiger charge is -2.12. The summed E-state index contributed by atoms with van der Waals surface area (Å²) in [4.78, 5) is 24.3. The Labute approximate surface area is 126 Å². The fraction of sp³-hybridized carbons (Fsp3) is 0.333. The molecular formula is C15H16ClNO4. The molecule has 2 rings (SSSR count). The molecule has 0 radical (unpaired) electrons. The predicted octanol–water partition coefficient (Wildman–Crippen LogP) is 2.85. The van der Waals surface area contributed by atoms with E-state index >= 15 is 0 Å². The van der Waals surface area contributed by atoms with E-state index in [0.717, 1.165) is 6.42 Å². The summed E-state index contributed by atoms with van der Waals surface area (Å²) in [6.07, 6.45) is 1.56. The number of ether oxygens (including phenoxy) is 1. The SMILES string of the molecule is CCCCOC(=O)c1c(O)c2c(Cl)cccc2n(C)c1=O. The molecule has 5 nitrogen and oxygen atoms in total. The lowest BCUT2D eigenvalue weighted by atomic mass is 10.1. The molecule has 21 heavy (non-hydrogen) atoms. The van der Waals surface area contributed by atoms with Crippen molar-refractivity contribution < 1.29 is 14.6 Å². The highest BCUT2D eigenvalue weighted by Gasteiger charge is 2.23. The summed E-state index contributed by atoms with van der Waals surface area (Å²) in [6, 6.07) is 4.90. The summed E-state index contributed by atoms with van der Waals surface area (Å²) in [5.74, 6) is -1.26. The molecule has 0 saturated carbocycles. The summed E-state index contributed by atoms with van der Waals surface area (Å²) < 4.78 is 6.29. The number of esters is 1. The van der Waals surface area contributed by atoms with Gasteiger partial charge < -0.3 is 14.4 Å². The molecule has 0 saturated heterocycles. The lowest BCUT2D eigenvalue weighted by Crippen LogP contribution is -2.26. The lowest BCUT2D eigenvalue weighted by molar-refractivity contribution is 0.0494.